The number of nitrogens with zero attached hydrogens (tertiary/aromatic N) is 4. The second-order valence-corrected chi connectivity index (χ2v) is 13.3. The normalized spacial score (nSPS) is 22.7. The second kappa shape index (κ2) is 13.3. The molecule has 41 heavy (non-hydrogen) atoms. The summed E-state index contributed by atoms with van der Waals surface area (Å²) in [6.45, 7) is 8.26. The van der Waals surface area contributed by atoms with Crippen molar-refractivity contribution in [2.75, 3.05) is 4.90 Å². The van der Waals surface area contributed by atoms with Crippen LogP contribution in [-0.2, 0) is 4.79 Å². The third-order valence-corrected chi connectivity index (χ3v) is 8.87. The van der Waals surface area contributed by atoms with Gasteiger partial charge in [0.15, 0.2) is 5.65 Å². The molecule has 2 aliphatic carbocycles. The van der Waals surface area contributed by atoms with E-state index in [4.69, 9.17) is 4.74 Å². The van der Waals surface area contributed by atoms with E-state index in [9.17, 15) is 14.7 Å². The summed E-state index contributed by atoms with van der Waals surface area (Å²) >= 11 is 1.10. The van der Waals surface area contributed by atoms with Crippen LogP contribution < -0.4 is 44.3 Å². The molecular formula is C31H37N4NaO4S. The van der Waals surface area contributed by atoms with Crippen molar-refractivity contribution in [2.45, 2.75) is 91.2 Å². The maximum Gasteiger partial charge on any atom is 1.00 e. The van der Waals surface area contributed by atoms with Crippen LogP contribution in [-0.4, -0.2) is 38.6 Å². The molecule has 10 heteroatoms. The molecule has 0 aliphatic heterocycles. The van der Waals surface area contributed by atoms with Gasteiger partial charge < -0.3 is 19.5 Å². The summed E-state index contributed by atoms with van der Waals surface area (Å²) in [5.41, 5.74) is 0.965. The fourth-order valence-electron chi connectivity index (χ4n) is 5.67. The van der Waals surface area contributed by atoms with E-state index in [0.29, 0.717) is 35.2 Å². The van der Waals surface area contributed by atoms with Crippen molar-refractivity contribution in [3.05, 3.63) is 40.3 Å². The first-order valence-electron chi connectivity index (χ1n) is 14.3. The van der Waals surface area contributed by atoms with Gasteiger partial charge in [0.2, 0.25) is 11.8 Å². The predicted octanol–water partition coefficient (Wildman–Crippen LogP) is 2.11. The topological polar surface area (TPSA) is 99.9 Å². The summed E-state index contributed by atoms with van der Waals surface area (Å²) in [5.74, 6) is 6.13. The molecule has 1 amide bonds. The van der Waals surface area contributed by atoms with E-state index >= 15 is 0 Å². The van der Waals surface area contributed by atoms with Crippen LogP contribution in [0.3, 0.4) is 0 Å². The van der Waals surface area contributed by atoms with E-state index in [0.717, 1.165) is 55.5 Å². The number of fused-ring (bicyclic) bond motifs is 1. The first kappa shape index (κ1) is 31.6. The number of carbonyl (C=O) groups is 2. The number of ether oxygens (including phenoxy) is 1. The Kier molecular flexibility index (Phi) is 10.2. The Labute approximate surface area is 268 Å². The van der Waals surface area contributed by atoms with Crippen molar-refractivity contribution < 1.29 is 49.0 Å². The van der Waals surface area contributed by atoms with Crippen LogP contribution in [0.1, 0.15) is 93.6 Å². The first-order valence-corrected chi connectivity index (χ1v) is 15.1. The van der Waals surface area contributed by atoms with Gasteiger partial charge in [-0.2, -0.15) is 0 Å². The number of hydrogen-bond donors (Lipinski definition) is 0. The molecule has 0 saturated heterocycles. The van der Waals surface area contributed by atoms with Crippen LogP contribution in [0.4, 0.5) is 5.69 Å². The number of carboxylic acid groups (broad SMARTS) is 1. The smallest absolute Gasteiger partial charge is 0.544 e. The molecule has 0 aromatic carbocycles. The van der Waals surface area contributed by atoms with E-state index in [-0.39, 0.29) is 63.8 Å². The second-order valence-electron chi connectivity index (χ2n) is 12.2. The summed E-state index contributed by atoms with van der Waals surface area (Å²) in [6.07, 6.45) is 10.0. The minimum Gasteiger partial charge on any atom is -0.544 e. The van der Waals surface area contributed by atoms with Crippen molar-refractivity contribution in [3.8, 4) is 17.7 Å². The molecule has 3 aromatic heterocycles. The first-order chi connectivity index (χ1) is 19.1. The Bertz CT molecular complexity index is 1430. The zero-order valence-corrected chi connectivity index (χ0v) is 27.5. The van der Waals surface area contributed by atoms with Crippen molar-refractivity contribution >= 4 is 34.5 Å². The number of anilines is 1. The Morgan fingerprint density at radius 2 is 1.80 bits per heavy atom. The maximum absolute atomic E-state index is 14.1. The number of amides is 1. The average Bonchev–Trinajstić information content (AvgIpc) is 3.56. The molecule has 2 saturated carbocycles. The summed E-state index contributed by atoms with van der Waals surface area (Å²) in [5, 5.41) is 16.8. The van der Waals surface area contributed by atoms with Crippen molar-refractivity contribution in [1.29, 1.82) is 0 Å². The molecule has 212 valence electrons. The maximum atomic E-state index is 14.1. The van der Waals surface area contributed by atoms with Crippen molar-refractivity contribution in [3.63, 3.8) is 0 Å². The van der Waals surface area contributed by atoms with Gasteiger partial charge in [-0.25, -0.2) is 9.50 Å². The fourth-order valence-corrected chi connectivity index (χ4v) is 6.51. The fraction of sp³-hybridized carbons (Fsp3) is 0.548. The molecule has 2 aliphatic rings. The number of aromatic carboxylic acids is 1. The van der Waals surface area contributed by atoms with Gasteiger partial charge in [0.1, 0.15) is 6.10 Å². The van der Waals surface area contributed by atoms with E-state index in [1.54, 1.807) is 27.9 Å². The third-order valence-electron chi connectivity index (χ3n) is 7.85. The van der Waals surface area contributed by atoms with Gasteiger partial charge in [-0.05, 0) is 90.2 Å². The number of rotatable bonds is 6. The molecule has 2 fully saturated rings. The SMILES string of the molecule is CC1CCC(C(=O)N(c2cc(C#CC(C)(C)C)sc2C(=O)[O-])C2CCC(Oc3ccc4nccn4n3)CC2)CC1.[Na+]. The largest absolute Gasteiger partial charge is 1.00 e. The number of thiophene rings is 1. The van der Waals surface area contributed by atoms with Crippen molar-refractivity contribution in [1.82, 2.24) is 14.6 Å². The van der Waals surface area contributed by atoms with E-state index in [2.05, 4.69) is 28.8 Å². The van der Waals surface area contributed by atoms with Gasteiger partial charge in [-0.15, -0.1) is 16.4 Å². The Morgan fingerprint density at radius 3 is 2.46 bits per heavy atom. The minimum absolute atomic E-state index is 0. The molecule has 8 nitrogen and oxygen atoms in total. The average molecular weight is 585 g/mol. The molecule has 0 bridgehead atoms. The zero-order valence-electron chi connectivity index (χ0n) is 24.7. The van der Waals surface area contributed by atoms with Crippen LogP contribution in [0.25, 0.3) is 5.65 Å². The Hall–Kier alpha value is -2.38. The Balaban J connectivity index is 0.00000387. The van der Waals surface area contributed by atoms with Crippen molar-refractivity contribution in [2.24, 2.45) is 17.3 Å². The van der Waals surface area contributed by atoms with Gasteiger partial charge in [-0.3, -0.25) is 4.79 Å². The van der Waals surface area contributed by atoms with Crippen LogP contribution in [0.5, 0.6) is 5.88 Å². The predicted molar refractivity (Wildman–Crippen MR) is 153 cm³/mol. The van der Waals surface area contributed by atoms with Crippen LogP contribution in [0, 0.1) is 29.1 Å². The molecule has 5 rings (SSSR count). The summed E-state index contributed by atoms with van der Waals surface area (Å²) < 4.78 is 7.89. The molecule has 0 unspecified atom stereocenters. The summed E-state index contributed by atoms with van der Waals surface area (Å²) in [6, 6.07) is 5.36. The zero-order chi connectivity index (χ0) is 28.4. The number of carboxylic acids is 1. The third kappa shape index (κ3) is 7.72. The molecular weight excluding hydrogens is 547 g/mol. The number of imidazole rings is 1. The molecule has 0 radical (unpaired) electrons. The number of aromatic nitrogens is 3. The molecule has 3 aromatic rings. The van der Waals surface area contributed by atoms with E-state index < -0.39 is 5.97 Å². The van der Waals surface area contributed by atoms with Gasteiger partial charge in [0.05, 0.1) is 21.4 Å². The Morgan fingerprint density at radius 1 is 1.10 bits per heavy atom. The number of carbonyl (C=O) groups excluding carboxylic acids is 2. The molecule has 3 heterocycles. The molecule has 0 atom stereocenters. The van der Waals surface area contributed by atoms with Gasteiger partial charge in [0.25, 0.3) is 0 Å². The quantitative estimate of drug-likeness (QED) is 0.325. The van der Waals surface area contributed by atoms with E-state index in [1.807, 2.05) is 32.9 Å². The van der Waals surface area contributed by atoms with Crippen LogP contribution >= 0.6 is 11.3 Å². The van der Waals surface area contributed by atoms with Gasteiger partial charge in [0, 0.05) is 35.8 Å². The minimum atomic E-state index is -1.27. The molecule has 0 spiro atoms. The summed E-state index contributed by atoms with van der Waals surface area (Å²) in [4.78, 5) is 33.1. The van der Waals surface area contributed by atoms with Crippen LogP contribution in [0.2, 0.25) is 0 Å². The van der Waals surface area contributed by atoms with Gasteiger partial charge in [-0.1, -0.05) is 18.8 Å². The standard InChI is InChI=1S/C31H38N4O4S.Na/c1-20-5-7-21(8-6-20)29(36)35(25-19-24(15-16-31(2,3)4)40-28(25)30(37)38)22-9-11-23(12-10-22)39-27-14-13-26-32-17-18-34(26)33-27;/h13-14,17-23H,5-12H2,1-4H3,(H,37,38);/q;+1/p-1. The van der Waals surface area contributed by atoms with Gasteiger partial charge >= 0.3 is 29.6 Å². The van der Waals surface area contributed by atoms with E-state index in [1.165, 1.54) is 0 Å². The molecule has 0 N–H and O–H groups in total. The van der Waals surface area contributed by atoms with Crippen LogP contribution in [0.15, 0.2) is 30.6 Å². The monoisotopic (exact) mass is 584 g/mol. The number of hydrogen-bond acceptors (Lipinski definition) is 7. The summed E-state index contributed by atoms with van der Waals surface area (Å²) in [7, 11) is 0.